The zero-order valence-corrected chi connectivity index (χ0v) is 19.7. The first-order chi connectivity index (χ1) is 16.1. The standard InChI is InChI=1S/C23H18ClN5O2S2/c24-16-5-3-15(4-6-16)19-13-28-17(14-33-23(28)26-19)12-21(30)25-9-10-29-22(31)8-7-18(27-29)20-2-1-11-32-20/h1-8,11,13-14H,9-10,12H2,(H,25,30). The summed E-state index contributed by atoms with van der Waals surface area (Å²) in [7, 11) is 0. The van der Waals surface area contributed by atoms with E-state index in [-0.39, 0.29) is 17.9 Å². The number of hydrogen-bond acceptors (Lipinski definition) is 6. The quantitative estimate of drug-likeness (QED) is 0.364. The van der Waals surface area contributed by atoms with E-state index in [0.717, 1.165) is 32.5 Å². The number of fused-ring (bicyclic) bond motifs is 1. The molecule has 0 saturated heterocycles. The molecule has 4 aromatic heterocycles. The Kier molecular flexibility index (Phi) is 6.08. The van der Waals surface area contributed by atoms with Gasteiger partial charge in [0, 0.05) is 40.5 Å². The van der Waals surface area contributed by atoms with Crippen molar-refractivity contribution in [3.63, 3.8) is 0 Å². The Morgan fingerprint density at radius 2 is 1.91 bits per heavy atom. The topological polar surface area (TPSA) is 81.3 Å². The first-order valence-electron chi connectivity index (χ1n) is 10.2. The fourth-order valence-electron chi connectivity index (χ4n) is 3.41. The van der Waals surface area contributed by atoms with Gasteiger partial charge in [-0.25, -0.2) is 9.67 Å². The van der Waals surface area contributed by atoms with Crippen LogP contribution in [0.5, 0.6) is 0 Å². The summed E-state index contributed by atoms with van der Waals surface area (Å²) in [5.41, 5.74) is 3.20. The SMILES string of the molecule is O=C(Cc1csc2nc(-c3ccc(Cl)cc3)cn12)NCCn1nc(-c2cccs2)ccc1=O. The Morgan fingerprint density at radius 1 is 1.06 bits per heavy atom. The van der Waals surface area contributed by atoms with Crippen molar-refractivity contribution in [3.05, 3.63) is 86.6 Å². The minimum Gasteiger partial charge on any atom is -0.354 e. The largest absolute Gasteiger partial charge is 0.354 e. The van der Waals surface area contributed by atoms with Gasteiger partial charge < -0.3 is 5.32 Å². The number of halogens is 1. The average molecular weight is 496 g/mol. The van der Waals surface area contributed by atoms with Gasteiger partial charge in [0.05, 0.1) is 23.5 Å². The van der Waals surface area contributed by atoms with Crippen molar-refractivity contribution < 1.29 is 4.79 Å². The van der Waals surface area contributed by atoms with Gasteiger partial charge in [-0.2, -0.15) is 5.10 Å². The Morgan fingerprint density at radius 3 is 2.70 bits per heavy atom. The highest BCUT2D eigenvalue weighted by atomic mass is 35.5. The number of amides is 1. The molecule has 1 N–H and O–H groups in total. The molecule has 0 unspecified atom stereocenters. The van der Waals surface area contributed by atoms with Crippen molar-refractivity contribution >= 4 is 45.1 Å². The summed E-state index contributed by atoms with van der Waals surface area (Å²) in [5.74, 6) is -0.126. The second-order valence-corrected chi connectivity index (χ2v) is 9.52. The summed E-state index contributed by atoms with van der Waals surface area (Å²) in [5, 5.41) is 11.9. The molecule has 0 spiro atoms. The van der Waals surface area contributed by atoms with Crippen molar-refractivity contribution in [2.24, 2.45) is 0 Å². The number of thiophene rings is 1. The second-order valence-electron chi connectivity index (χ2n) is 7.30. The van der Waals surface area contributed by atoms with Crippen LogP contribution in [0.25, 0.3) is 26.8 Å². The zero-order valence-electron chi connectivity index (χ0n) is 17.3. The summed E-state index contributed by atoms with van der Waals surface area (Å²) in [4.78, 5) is 31.1. The Balaban J connectivity index is 1.22. The van der Waals surface area contributed by atoms with Crippen LogP contribution < -0.4 is 10.9 Å². The number of imidazole rings is 1. The van der Waals surface area contributed by atoms with Crippen molar-refractivity contribution in [1.29, 1.82) is 0 Å². The molecule has 33 heavy (non-hydrogen) atoms. The highest BCUT2D eigenvalue weighted by Gasteiger charge is 2.13. The van der Waals surface area contributed by atoms with Crippen molar-refractivity contribution in [2.45, 2.75) is 13.0 Å². The summed E-state index contributed by atoms with van der Waals surface area (Å²) in [6, 6.07) is 14.6. The van der Waals surface area contributed by atoms with Gasteiger partial charge in [-0.1, -0.05) is 29.8 Å². The molecular weight excluding hydrogens is 478 g/mol. The Bertz CT molecular complexity index is 1470. The molecule has 0 aliphatic carbocycles. The lowest BCUT2D eigenvalue weighted by molar-refractivity contribution is -0.120. The maximum Gasteiger partial charge on any atom is 0.266 e. The van der Waals surface area contributed by atoms with Crippen LogP contribution in [0.2, 0.25) is 5.02 Å². The molecule has 4 heterocycles. The molecule has 0 aliphatic rings. The lowest BCUT2D eigenvalue weighted by Gasteiger charge is -2.08. The van der Waals surface area contributed by atoms with Crippen LogP contribution in [0.1, 0.15) is 5.69 Å². The van der Waals surface area contributed by atoms with Crippen LogP contribution >= 0.6 is 34.3 Å². The van der Waals surface area contributed by atoms with Crippen molar-refractivity contribution in [3.8, 4) is 21.8 Å². The van der Waals surface area contributed by atoms with Crippen LogP contribution in [0.4, 0.5) is 0 Å². The van der Waals surface area contributed by atoms with Crippen LogP contribution in [0.15, 0.2) is 70.3 Å². The van der Waals surface area contributed by atoms with Gasteiger partial charge in [-0.15, -0.1) is 22.7 Å². The highest BCUT2D eigenvalue weighted by Crippen LogP contribution is 2.25. The fraction of sp³-hybridized carbons (Fsp3) is 0.130. The van der Waals surface area contributed by atoms with Gasteiger partial charge >= 0.3 is 0 Å². The number of carbonyl (C=O) groups is 1. The lowest BCUT2D eigenvalue weighted by Crippen LogP contribution is -2.32. The number of rotatable bonds is 7. The van der Waals surface area contributed by atoms with Gasteiger partial charge in [0.1, 0.15) is 5.69 Å². The number of nitrogens with zero attached hydrogens (tertiary/aromatic N) is 4. The van der Waals surface area contributed by atoms with E-state index in [1.54, 1.807) is 17.4 Å². The van der Waals surface area contributed by atoms with Gasteiger partial charge in [-0.3, -0.25) is 14.0 Å². The number of benzene rings is 1. The third-order valence-electron chi connectivity index (χ3n) is 5.05. The maximum absolute atomic E-state index is 12.5. The Labute approximate surface area is 201 Å². The van der Waals surface area contributed by atoms with Crippen molar-refractivity contribution in [2.75, 3.05) is 6.54 Å². The number of thiazole rings is 1. The molecule has 5 rings (SSSR count). The zero-order chi connectivity index (χ0) is 22.8. The number of hydrogen-bond donors (Lipinski definition) is 1. The predicted octanol–water partition coefficient (Wildman–Crippen LogP) is 4.36. The van der Waals surface area contributed by atoms with Gasteiger partial charge in [0.25, 0.3) is 5.56 Å². The van der Waals surface area contributed by atoms with E-state index >= 15 is 0 Å². The van der Waals surface area contributed by atoms with Gasteiger partial charge in [0.2, 0.25) is 5.91 Å². The monoisotopic (exact) mass is 495 g/mol. The molecule has 0 fully saturated rings. The summed E-state index contributed by atoms with van der Waals surface area (Å²) < 4.78 is 3.32. The van der Waals surface area contributed by atoms with E-state index in [0.29, 0.717) is 18.1 Å². The van der Waals surface area contributed by atoms with E-state index in [4.69, 9.17) is 11.6 Å². The Hall–Kier alpha value is -3.27. The van der Waals surface area contributed by atoms with E-state index in [2.05, 4.69) is 15.4 Å². The molecule has 1 amide bonds. The molecule has 0 bridgehead atoms. The summed E-state index contributed by atoms with van der Waals surface area (Å²) in [6.45, 7) is 0.613. The smallest absolute Gasteiger partial charge is 0.266 e. The number of aromatic nitrogens is 4. The minimum absolute atomic E-state index is 0.126. The first kappa shape index (κ1) is 21.6. The molecule has 5 aromatic rings. The van der Waals surface area contributed by atoms with Gasteiger partial charge in [-0.05, 0) is 29.6 Å². The number of nitrogens with one attached hydrogen (secondary N) is 1. The molecule has 0 aliphatic heterocycles. The molecule has 7 nitrogen and oxygen atoms in total. The lowest BCUT2D eigenvalue weighted by atomic mass is 10.2. The normalized spacial score (nSPS) is 11.2. The van der Waals surface area contributed by atoms with E-state index in [1.165, 1.54) is 22.1 Å². The van der Waals surface area contributed by atoms with Gasteiger partial charge in [0.15, 0.2) is 4.96 Å². The third-order valence-corrected chi connectivity index (χ3v) is 7.08. The summed E-state index contributed by atoms with van der Waals surface area (Å²) in [6.07, 6.45) is 2.14. The molecular formula is C23H18ClN5O2S2. The minimum atomic E-state index is -0.197. The van der Waals surface area contributed by atoms with Crippen LogP contribution in [-0.2, 0) is 17.8 Å². The van der Waals surface area contributed by atoms with Crippen LogP contribution in [-0.4, -0.2) is 31.6 Å². The number of carbonyl (C=O) groups excluding carboxylic acids is 1. The maximum atomic E-state index is 12.5. The fourth-order valence-corrected chi connectivity index (χ4v) is 5.10. The molecule has 10 heteroatoms. The van der Waals surface area contributed by atoms with E-state index < -0.39 is 0 Å². The van der Waals surface area contributed by atoms with Crippen molar-refractivity contribution in [1.82, 2.24) is 24.5 Å². The second kappa shape index (κ2) is 9.30. The van der Waals surface area contributed by atoms with E-state index in [1.807, 2.05) is 57.8 Å². The van der Waals surface area contributed by atoms with Crippen LogP contribution in [0.3, 0.4) is 0 Å². The molecule has 0 atom stereocenters. The van der Waals surface area contributed by atoms with E-state index in [9.17, 15) is 9.59 Å². The molecule has 0 saturated carbocycles. The predicted molar refractivity (Wildman–Crippen MR) is 132 cm³/mol. The summed E-state index contributed by atoms with van der Waals surface area (Å²) >= 11 is 9.02. The molecule has 166 valence electrons. The average Bonchev–Trinajstić information content (AvgIpc) is 3.55. The van der Waals surface area contributed by atoms with Crippen LogP contribution in [0, 0.1) is 0 Å². The first-order valence-corrected chi connectivity index (χ1v) is 12.3. The third kappa shape index (κ3) is 4.75. The highest BCUT2D eigenvalue weighted by molar-refractivity contribution is 7.15. The molecule has 1 aromatic carbocycles. The molecule has 0 radical (unpaired) electrons.